The minimum absolute atomic E-state index is 0.179. The summed E-state index contributed by atoms with van der Waals surface area (Å²) < 4.78 is 19.0. The number of rotatable bonds is 10. The number of halogens is 1. The zero-order valence-corrected chi connectivity index (χ0v) is 26.1. The van der Waals surface area contributed by atoms with E-state index in [9.17, 15) is 9.59 Å². The smallest absolute Gasteiger partial charge is 0.338 e. The third kappa shape index (κ3) is 6.47. The van der Waals surface area contributed by atoms with Gasteiger partial charge in [0.15, 0.2) is 4.80 Å². The second kappa shape index (κ2) is 13.8. The highest BCUT2D eigenvalue weighted by Gasteiger charge is 2.36. The molecule has 1 aliphatic heterocycles. The first-order chi connectivity index (χ1) is 21.4. The largest absolute Gasteiger partial charge is 0.496 e. The molecule has 2 heterocycles. The molecule has 0 saturated carbocycles. The number of carbonyl (C=O) groups excluding carboxylic acids is 1. The summed E-state index contributed by atoms with van der Waals surface area (Å²) in [5, 5.41) is 9.42. The molecule has 1 aromatic heterocycles. The van der Waals surface area contributed by atoms with Crippen molar-refractivity contribution in [2.24, 2.45) is 4.99 Å². The van der Waals surface area contributed by atoms with Gasteiger partial charge in [0.25, 0.3) is 5.56 Å². The number of methoxy groups -OCH3 is 1. The van der Waals surface area contributed by atoms with E-state index in [1.165, 1.54) is 23.0 Å². The maximum atomic E-state index is 14.0. The van der Waals surface area contributed by atoms with Gasteiger partial charge in [-0.2, -0.15) is 5.26 Å². The first-order valence-corrected chi connectivity index (χ1v) is 15.3. The molecule has 0 amide bonds. The Kier molecular flexibility index (Phi) is 9.63. The molecule has 0 radical (unpaired) electrons. The van der Waals surface area contributed by atoms with E-state index in [1.807, 2.05) is 43.3 Å². The molecular weight excluding hydrogens is 598 g/mol. The van der Waals surface area contributed by atoms with Crippen LogP contribution in [0.2, 0.25) is 5.02 Å². The van der Waals surface area contributed by atoms with Crippen molar-refractivity contribution in [1.29, 1.82) is 5.26 Å². The fourth-order valence-electron chi connectivity index (χ4n) is 4.99. The molecule has 0 saturated heterocycles. The lowest BCUT2D eigenvalue weighted by molar-refractivity contribution is -0.139. The molecule has 0 N–H and O–H groups in total. The fraction of sp³-hybridized carbons (Fsp3) is 0.235. The first kappa shape index (κ1) is 30.8. The van der Waals surface area contributed by atoms with Crippen LogP contribution in [0.4, 0.5) is 0 Å². The van der Waals surface area contributed by atoms with Crippen molar-refractivity contribution in [3.63, 3.8) is 0 Å². The maximum Gasteiger partial charge on any atom is 0.338 e. The molecule has 1 atom stereocenters. The van der Waals surface area contributed by atoms with Gasteiger partial charge in [-0.1, -0.05) is 60.5 Å². The Morgan fingerprint density at radius 2 is 1.86 bits per heavy atom. The Bertz CT molecular complexity index is 1940. The van der Waals surface area contributed by atoms with E-state index in [4.69, 9.17) is 36.1 Å². The highest BCUT2D eigenvalue weighted by atomic mass is 35.5. The van der Waals surface area contributed by atoms with Crippen LogP contribution in [-0.4, -0.2) is 24.3 Å². The number of ether oxygens (including phenoxy) is 3. The summed E-state index contributed by atoms with van der Waals surface area (Å²) in [6.07, 6.45) is 3.08. The summed E-state index contributed by atoms with van der Waals surface area (Å²) in [6.45, 7) is 4.29. The van der Waals surface area contributed by atoms with Gasteiger partial charge in [-0.05, 0) is 73.0 Å². The number of fused-ring (bicyclic) bond motifs is 1. The van der Waals surface area contributed by atoms with Crippen LogP contribution in [0.1, 0.15) is 55.0 Å². The minimum Gasteiger partial charge on any atom is -0.496 e. The number of nitriles is 1. The Morgan fingerprint density at radius 1 is 1.11 bits per heavy atom. The molecule has 0 bridgehead atoms. The van der Waals surface area contributed by atoms with E-state index in [0.29, 0.717) is 61.3 Å². The van der Waals surface area contributed by atoms with Crippen LogP contribution in [0.25, 0.3) is 6.08 Å². The van der Waals surface area contributed by atoms with Crippen LogP contribution in [0.3, 0.4) is 0 Å². The van der Waals surface area contributed by atoms with Gasteiger partial charge < -0.3 is 14.2 Å². The first-order valence-electron chi connectivity index (χ1n) is 14.1. The lowest BCUT2D eigenvalue weighted by Gasteiger charge is -2.27. The normalized spacial score (nSPS) is 14.4. The van der Waals surface area contributed by atoms with E-state index in [2.05, 4.69) is 6.07 Å². The van der Waals surface area contributed by atoms with E-state index in [0.717, 1.165) is 17.5 Å². The summed E-state index contributed by atoms with van der Waals surface area (Å²) in [5.41, 5.74) is 3.51. The lowest BCUT2D eigenvalue weighted by atomic mass is 9.93. The zero-order valence-electron chi connectivity index (χ0n) is 24.5. The van der Waals surface area contributed by atoms with Gasteiger partial charge in [-0.15, -0.1) is 0 Å². The molecular formula is C34H30ClN3O5S. The standard InChI is InChI=1S/C34H30ClN3O5S/c1-4-6-27-30(33(40)42-5-2)31(26-18-24(35)13-16-28(26)41-3)38-32(39)29(44-34(38)37-27)17-21-11-14-25(15-12-21)43-20-23-9-7-22(19-36)8-10-23/h7-18,31H,4-6,20H2,1-3H3/b29-17+/t31-/m0/s1. The molecule has 0 fully saturated rings. The third-order valence-electron chi connectivity index (χ3n) is 7.04. The molecule has 8 nitrogen and oxygen atoms in total. The van der Waals surface area contributed by atoms with Crippen molar-refractivity contribution in [1.82, 2.24) is 4.57 Å². The average molecular weight is 628 g/mol. The van der Waals surface area contributed by atoms with Crippen molar-refractivity contribution in [2.45, 2.75) is 39.3 Å². The number of carbonyl (C=O) groups is 1. The maximum absolute atomic E-state index is 14.0. The third-order valence-corrected chi connectivity index (χ3v) is 8.26. The van der Waals surface area contributed by atoms with Crippen molar-refractivity contribution >= 4 is 35.0 Å². The zero-order chi connectivity index (χ0) is 31.2. The lowest BCUT2D eigenvalue weighted by Crippen LogP contribution is -2.40. The Morgan fingerprint density at radius 3 is 2.52 bits per heavy atom. The van der Waals surface area contributed by atoms with Crippen molar-refractivity contribution in [3.05, 3.63) is 125 Å². The molecule has 224 valence electrons. The van der Waals surface area contributed by atoms with Crippen molar-refractivity contribution < 1.29 is 19.0 Å². The minimum atomic E-state index is -0.833. The molecule has 10 heteroatoms. The van der Waals surface area contributed by atoms with Crippen LogP contribution in [0.15, 0.2) is 87.8 Å². The fourth-order valence-corrected chi connectivity index (χ4v) is 6.19. The van der Waals surface area contributed by atoms with Gasteiger partial charge in [0.2, 0.25) is 0 Å². The van der Waals surface area contributed by atoms with Crippen molar-refractivity contribution in [2.75, 3.05) is 13.7 Å². The molecule has 0 spiro atoms. The van der Waals surface area contributed by atoms with E-state index >= 15 is 0 Å². The number of esters is 1. The molecule has 44 heavy (non-hydrogen) atoms. The van der Waals surface area contributed by atoms with Gasteiger partial charge in [0.1, 0.15) is 24.1 Å². The Labute approximate surface area is 263 Å². The van der Waals surface area contributed by atoms with E-state index in [-0.39, 0.29) is 12.2 Å². The van der Waals surface area contributed by atoms with Crippen LogP contribution < -0.4 is 24.4 Å². The predicted molar refractivity (Wildman–Crippen MR) is 170 cm³/mol. The Hall–Kier alpha value is -4.65. The highest BCUT2D eigenvalue weighted by Crippen LogP contribution is 2.38. The number of thiazole rings is 1. The van der Waals surface area contributed by atoms with Gasteiger partial charge in [-0.3, -0.25) is 9.36 Å². The van der Waals surface area contributed by atoms with Gasteiger partial charge in [0.05, 0.1) is 41.2 Å². The van der Waals surface area contributed by atoms with E-state index < -0.39 is 12.0 Å². The summed E-state index contributed by atoms with van der Waals surface area (Å²) in [6, 6.07) is 21.1. The van der Waals surface area contributed by atoms with Gasteiger partial charge in [-0.25, -0.2) is 9.79 Å². The second-order valence-corrected chi connectivity index (χ2v) is 11.4. The quantitative estimate of drug-likeness (QED) is 0.209. The molecule has 5 rings (SSSR count). The molecule has 0 unspecified atom stereocenters. The number of allylic oxidation sites excluding steroid dienone is 1. The van der Waals surface area contributed by atoms with E-state index in [1.54, 1.807) is 43.3 Å². The summed E-state index contributed by atoms with van der Waals surface area (Å²) in [5.74, 6) is 0.632. The number of hydrogen-bond donors (Lipinski definition) is 0. The van der Waals surface area contributed by atoms with Crippen LogP contribution in [0.5, 0.6) is 11.5 Å². The number of benzene rings is 3. The number of hydrogen-bond acceptors (Lipinski definition) is 8. The summed E-state index contributed by atoms with van der Waals surface area (Å²) >= 11 is 7.67. The molecule has 4 aromatic rings. The monoisotopic (exact) mass is 627 g/mol. The molecule has 3 aromatic carbocycles. The second-order valence-electron chi connectivity index (χ2n) is 9.97. The topological polar surface area (TPSA) is 103 Å². The average Bonchev–Trinajstić information content (AvgIpc) is 3.34. The highest BCUT2D eigenvalue weighted by molar-refractivity contribution is 7.07. The summed E-state index contributed by atoms with van der Waals surface area (Å²) in [4.78, 5) is 32.7. The predicted octanol–water partition coefficient (Wildman–Crippen LogP) is 5.69. The van der Waals surface area contributed by atoms with Crippen LogP contribution in [0, 0.1) is 11.3 Å². The van der Waals surface area contributed by atoms with Crippen LogP contribution >= 0.6 is 22.9 Å². The number of nitrogens with zero attached hydrogens (tertiary/aromatic N) is 3. The molecule has 1 aliphatic rings. The Balaban J connectivity index is 1.55. The van der Waals surface area contributed by atoms with Crippen LogP contribution in [-0.2, 0) is 16.1 Å². The summed E-state index contributed by atoms with van der Waals surface area (Å²) in [7, 11) is 1.54. The molecule has 0 aliphatic carbocycles. The van der Waals surface area contributed by atoms with Crippen molar-refractivity contribution in [3.8, 4) is 17.6 Å². The van der Waals surface area contributed by atoms with Gasteiger partial charge >= 0.3 is 5.97 Å². The van der Waals surface area contributed by atoms with Gasteiger partial charge in [0, 0.05) is 10.6 Å². The number of aromatic nitrogens is 1. The SMILES string of the molecule is CCCC1=C(C(=O)OCC)[C@H](c2cc(Cl)ccc2OC)n2c(s/c(=C/c3ccc(OCc4ccc(C#N)cc4)cc3)c2=O)=N1.